The van der Waals surface area contributed by atoms with Crippen LogP contribution in [0, 0.1) is 19.8 Å². The maximum absolute atomic E-state index is 12.8. The minimum absolute atomic E-state index is 0.0883. The maximum Gasteiger partial charge on any atom is 0.416 e. The van der Waals surface area contributed by atoms with Gasteiger partial charge in [0.1, 0.15) is 6.04 Å². The number of anilines is 2. The molecular formula is C20H22ClF3N2O. The highest BCUT2D eigenvalue weighted by Gasteiger charge is 2.31. The van der Waals surface area contributed by atoms with Gasteiger partial charge in [-0.2, -0.15) is 13.2 Å². The Morgan fingerprint density at radius 3 is 2.11 bits per heavy atom. The van der Waals surface area contributed by atoms with Crippen molar-refractivity contribution in [2.75, 3.05) is 10.6 Å². The van der Waals surface area contributed by atoms with E-state index in [4.69, 9.17) is 11.6 Å². The summed E-state index contributed by atoms with van der Waals surface area (Å²) in [6.07, 6.45) is -4.47. The predicted molar refractivity (Wildman–Crippen MR) is 103 cm³/mol. The largest absolute Gasteiger partial charge is 0.416 e. The molecule has 0 aromatic heterocycles. The Hall–Kier alpha value is -2.21. The summed E-state index contributed by atoms with van der Waals surface area (Å²) in [5, 5.41) is 5.73. The van der Waals surface area contributed by atoms with Gasteiger partial charge in [0.25, 0.3) is 0 Å². The number of carbonyl (C=O) groups excluding carboxylic acids is 1. The van der Waals surface area contributed by atoms with Crippen molar-refractivity contribution in [3.63, 3.8) is 0 Å². The fourth-order valence-electron chi connectivity index (χ4n) is 2.78. The van der Waals surface area contributed by atoms with Gasteiger partial charge < -0.3 is 10.6 Å². The van der Waals surface area contributed by atoms with Crippen molar-refractivity contribution < 1.29 is 18.0 Å². The average Bonchev–Trinajstić information content (AvgIpc) is 2.51. The molecule has 7 heteroatoms. The lowest BCUT2D eigenvalue weighted by Gasteiger charge is -2.24. The molecule has 2 aromatic carbocycles. The predicted octanol–water partition coefficient (Wildman–Crippen LogP) is 6.05. The van der Waals surface area contributed by atoms with Crippen LogP contribution in [0.3, 0.4) is 0 Å². The van der Waals surface area contributed by atoms with Crippen LogP contribution in [-0.2, 0) is 11.0 Å². The summed E-state index contributed by atoms with van der Waals surface area (Å²) in [5.74, 6) is -0.403. The first-order valence-corrected chi connectivity index (χ1v) is 8.87. The van der Waals surface area contributed by atoms with Gasteiger partial charge in [-0.25, -0.2) is 0 Å². The third-order valence-corrected chi connectivity index (χ3v) is 4.36. The van der Waals surface area contributed by atoms with Gasteiger partial charge in [-0.3, -0.25) is 4.79 Å². The number of hydrogen-bond acceptors (Lipinski definition) is 2. The number of alkyl halides is 3. The van der Waals surface area contributed by atoms with Gasteiger partial charge in [0.2, 0.25) is 5.91 Å². The molecule has 0 fully saturated rings. The molecule has 0 aliphatic carbocycles. The first kappa shape index (κ1) is 21.1. The topological polar surface area (TPSA) is 41.1 Å². The molecule has 27 heavy (non-hydrogen) atoms. The Morgan fingerprint density at radius 1 is 1.04 bits per heavy atom. The second kappa shape index (κ2) is 8.21. The van der Waals surface area contributed by atoms with E-state index in [9.17, 15) is 18.0 Å². The third kappa shape index (κ3) is 5.63. The van der Waals surface area contributed by atoms with Crippen LogP contribution in [0.1, 0.15) is 30.5 Å². The lowest BCUT2D eigenvalue weighted by Crippen LogP contribution is -2.39. The molecule has 0 aliphatic rings. The normalized spacial score (nSPS) is 12.8. The van der Waals surface area contributed by atoms with Crippen molar-refractivity contribution in [2.45, 2.75) is 39.9 Å². The lowest BCUT2D eigenvalue weighted by molar-refractivity contribution is -0.137. The molecular weight excluding hydrogens is 377 g/mol. The highest BCUT2D eigenvalue weighted by Crippen LogP contribution is 2.34. The first-order valence-electron chi connectivity index (χ1n) is 8.50. The number of nitrogens with one attached hydrogen (secondary N) is 2. The van der Waals surface area contributed by atoms with E-state index in [1.807, 2.05) is 45.9 Å². The zero-order valence-corrected chi connectivity index (χ0v) is 16.3. The summed E-state index contributed by atoms with van der Waals surface area (Å²) >= 11 is 6.00. The maximum atomic E-state index is 12.8. The zero-order chi connectivity index (χ0) is 20.4. The van der Waals surface area contributed by atoms with E-state index in [2.05, 4.69) is 10.6 Å². The van der Waals surface area contributed by atoms with Crippen molar-refractivity contribution in [3.8, 4) is 0 Å². The van der Waals surface area contributed by atoms with Crippen molar-refractivity contribution in [1.82, 2.24) is 0 Å². The summed E-state index contributed by atoms with van der Waals surface area (Å²) in [7, 11) is 0. The van der Waals surface area contributed by atoms with Crippen molar-refractivity contribution in [3.05, 3.63) is 58.1 Å². The molecule has 0 spiro atoms. The number of benzene rings is 2. The van der Waals surface area contributed by atoms with Crippen molar-refractivity contribution in [1.29, 1.82) is 0 Å². The average molecular weight is 399 g/mol. The van der Waals surface area contributed by atoms with Gasteiger partial charge in [0, 0.05) is 5.69 Å². The Labute approximate surface area is 161 Å². The number of halogens is 4. The highest BCUT2D eigenvalue weighted by atomic mass is 35.5. The van der Waals surface area contributed by atoms with Crippen LogP contribution < -0.4 is 10.6 Å². The highest BCUT2D eigenvalue weighted by molar-refractivity contribution is 6.33. The summed E-state index contributed by atoms with van der Waals surface area (Å²) in [6, 6.07) is 8.07. The van der Waals surface area contributed by atoms with Crippen LogP contribution in [0.4, 0.5) is 24.5 Å². The molecule has 2 N–H and O–H groups in total. The number of hydrogen-bond donors (Lipinski definition) is 2. The standard InChI is InChI=1S/C20H22ClF3N2O/c1-11(2)18(19(27)25-15-8-12(3)7-13(4)9-15)26-17-6-5-14(10-16(17)21)20(22,23)24/h5-11,18,26H,1-4H3,(H,25,27)/t18-/m0/s1. The van der Waals surface area contributed by atoms with E-state index in [1.165, 1.54) is 6.07 Å². The molecule has 0 aliphatic heterocycles. The minimum atomic E-state index is -4.47. The van der Waals surface area contributed by atoms with Gasteiger partial charge in [-0.05, 0) is 61.2 Å². The second-order valence-corrected chi connectivity index (χ2v) is 7.33. The van der Waals surface area contributed by atoms with E-state index in [0.29, 0.717) is 5.69 Å². The first-order chi connectivity index (χ1) is 12.5. The molecule has 2 rings (SSSR count). The monoisotopic (exact) mass is 398 g/mol. The molecule has 0 unspecified atom stereocenters. The molecule has 0 bridgehead atoms. The van der Waals surface area contributed by atoms with Crippen LogP contribution in [-0.4, -0.2) is 11.9 Å². The van der Waals surface area contributed by atoms with Gasteiger partial charge in [-0.1, -0.05) is 31.5 Å². The van der Waals surface area contributed by atoms with E-state index in [0.717, 1.165) is 23.3 Å². The Balaban J connectivity index is 2.21. The fraction of sp³-hybridized carbons (Fsp3) is 0.350. The van der Waals surface area contributed by atoms with Gasteiger partial charge in [0.15, 0.2) is 0 Å². The van der Waals surface area contributed by atoms with Crippen LogP contribution in [0.2, 0.25) is 5.02 Å². The number of rotatable bonds is 5. The summed E-state index contributed by atoms with van der Waals surface area (Å²) < 4.78 is 38.3. The van der Waals surface area contributed by atoms with Crippen LogP contribution in [0.25, 0.3) is 0 Å². The number of carbonyl (C=O) groups is 1. The van der Waals surface area contributed by atoms with E-state index in [-0.39, 0.29) is 22.5 Å². The molecule has 2 aromatic rings. The van der Waals surface area contributed by atoms with E-state index < -0.39 is 17.8 Å². The Kier molecular flexibility index (Phi) is 6.42. The second-order valence-electron chi connectivity index (χ2n) is 6.92. The van der Waals surface area contributed by atoms with Gasteiger partial charge >= 0.3 is 6.18 Å². The molecule has 3 nitrogen and oxygen atoms in total. The summed E-state index contributed by atoms with van der Waals surface area (Å²) in [4.78, 5) is 12.7. The third-order valence-electron chi connectivity index (χ3n) is 4.05. The lowest BCUT2D eigenvalue weighted by atomic mass is 10.0. The summed E-state index contributed by atoms with van der Waals surface area (Å²) in [5.41, 5.74) is 2.15. The Bertz CT molecular complexity index is 814. The van der Waals surface area contributed by atoms with Crippen LogP contribution in [0.5, 0.6) is 0 Å². The molecule has 146 valence electrons. The fourth-order valence-corrected chi connectivity index (χ4v) is 3.01. The van der Waals surface area contributed by atoms with Gasteiger partial charge in [0.05, 0.1) is 16.3 Å². The Morgan fingerprint density at radius 2 is 1.63 bits per heavy atom. The quantitative estimate of drug-likeness (QED) is 0.643. The molecule has 0 heterocycles. The molecule has 1 amide bonds. The zero-order valence-electron chi connectivity index (χ0n) is 15.5. The van der Waals surface area contributed by atoms with Crippen molar-refractivity contribution >= 4 is 28.9 Å². The summed E-state index contributed by atoms with van der Waals surface area (Å²) in [6.45, 7) is 7.55. The molecule has 0 saturated heterocycles. The van der Waals surface area contributed by atoms with Crippen molar-refractivity contribution in [2.24, 2.45) is 5.92 Å². The van der Waals surface area contributed by atoms with E-state index in [1.54, 1.807) is 0 Å². The minimum Gasteiger partial charge on any atom is -0.372 e. The molecule has 0 radical (unpaired) electrons. The van der Waals surface area contributed by atoms with Gasteiger partial charge in [-0.15, -0.1) is 0 Å². The van der Waals surface area contributed by atoms with Crippen LogP contribution in [0.15, 0.2) is 36.4 Å². The number of aryl methyl sites for hydroxylation is 2. The number of amides is 1. The van der Waals surface area contributed by atoms with E-state index >= 15 is 0 Å². The molecule has 0 saturated carbocycles. The molecule has 1 atom stereocenters. The SMILES string of the molecule is Cc1cc(C)cc(NC(=O)[C@@H](Nc2ccc(C(F)(F)F)cc2Cl)C(C)C)c1. The van der Waals surface area contributed by atoms with Crippen LogP contribution >= 0.6 is 11.6 Å². The smallest absolute Gasteiger partial charge is 0.372 e.